The minimum atomic E-state index is 0.0993. The molecule has 8 nitrogen and oxygen atoms in total. The zero-order chi connectivity index (χ0) is 18.8. The van der Waals surface area contributed by atoms with Crippen molar-refractivity contribution in [1.29, 1.82) is 0 Å². The Hall–Kier alpha value is -2.29. The molecule has 2 amide bonds. The van der Waals surface area contributed by atoms with E-state index in [1.165, 1.54) is 11.3 Å². The topological polar surface area (TPSA) is 95.1 Å². The summed E-state index contributed by atoms with van der Waals surface area (Å²) in [7, 11) is 0. The molecule has 2 aromatic heterocycles. The molecular formula is C18H24N6O2S. The largest absolute Gasteiger partial charge is 0.342 e. The van der Waals surface area contributed by atoms with Crippen LogP contribution in [0.3, 0.4) is 0 Å². The van der Waals surface area contributed by atoms with Crippen molar-refractivity contribution in [3.8, 4) is 0 Å². The molecule has 0 aliphatic carbocycles. The van der Waals surface area contributed by atoms with Gasteiger partial charge in [0.05, 0.1) is 12.1 Å². The van der Waals surface area contributed by atoms with E-state index in [1.54, 1.807) is 4.90 Å². The van der Waals surface area contributed by atoms with Crippen LogP contribution in [0.4, 0.5) is 5.13 Å². The monoisotopic (exact) mass is 388 g/mol. The minimum Gasteiger partial charge on any atom is -0.342 e. The fourth-order valence-electron chi connectivity index (χ4n) is 3.66. The van der Waals surface area contributed by atoms with Gasteiger partial charge in [0.15, 0.2) is 11.0 Å². The molecule has 4 heterocycles. The summed E-state index contributed by atoms with van der Waals surface area (Å²) >= 11 is 1.44. The number of thiazole rings is 1. The Morgan fingerprint density at radius 2 is 2.11 bits per heavy atom. The van der Waals surface area contributed by atoms with E-state index in [0.29, 0.717) is 18.8 Å². The van der Waals surface area contributed by atoms with Gasteiger partial charge in [-0.3, -0.25) is 19.6 Å². The molecule has 2 aromatic rings. The molecule has 4 rings (SSSR count). The minimum absolute atomic E-state index is 0.0993. The molecule has 0 aromatic carbocycles. The molecule has 144 valence electrons. The number of aromatic nitrogens is 4. The Morgan fingerprint density at radius 3 is 2.78 bits per heavy atom. The SMILES string of the molecule is CCc1nc(C2CCN(C(=O)Cc3csc(N4CCCC4=O)n3)CC2)n[nH]1. The summed E-state index contributed by atoms with van der Waals surface area (Å²) in [6.45, 7) is 4.23. The van der Waals surface area contributed by atoms with Crippen LogP contribution in [0.1, 0.15) is 55.9 Å². The van der Waals surface area contributed by atoms with Crippen LogP contribution in [0.5, 0.6) is 0 Å². The number of anilines is 1. The Bertz CT molecular complexity index is 823. The summed E-state index contributed by atoms with van der Waals surface area (Å²) in [6, 6.07) is 0. The van der Waals surface area contributed by atoms with Gasteiger partial charge in [0.1, 0.15) is 5.82 Å². The highest BCUT2D eigenvalue weighted by molar-refractivity contribution is 7.14. The number of carbonyl (C=O) groups excluding carboxylic acids is 2. The quantitative estimate of drug-likeness (QED) is 0.844. The Morgan fingerprint density at radius 1 is 1.30 bits per heavy atom. The predicted octanol–water partition coefficient (Wildman–Crippen LogP) is 1.90. The molecule has 0 spiro atoms. The Balaban J connectivity index is 1.31. The Labute approximate surface area is 162 Å². The van der Waals surface area contributed by atoms with Crippen molar-refractivity contribution < 1.29 is 9.59 Å². The number of H-pyrrole nitrogens is 1. The summed E-state index contributed by atoms with van der Waals surface area (Å²) in [6.07, 6.45) is 4.39. The molecule has 1 N–H and O–H groups in total. The lowest BCUT2D eigenvalue weighted by molar-refractivity contribution is -0.131. The average molecular weight is 388 g/mol. The number of aryl methyl sites for hydroxylation is 1. The second-order valence-corrected chi connectivity index (χ2v) is 7.93. The third-order valence-corrected chi connectivity index (χ3v) is 6.19. The van der Waals surface area contributed by atoms with Crippen molar-refractivity contribution >= 4 is 28.3 Å². The number of hydrogen-bond acceptors (Lipinski definition) is 6. The van der Waals surface area contributed by atoms with E-state index in [9.17, 15) is 9.59 Å². The number of carbonyl (C=O) groups is 2. The van der Waals surface area contributed by atoms with Gasteiger partial charge in [-0.1, -0.05) is 6.92 Å². The van der Waals surface area contributed by atoms with Gasteiger partial charge >= 0.3 is 0 Å². The van der Waals surface area contributed by atoms with Crippen LogP contribution in [0.15, 0.2) is 5.38 Å². The van der Waals surface area contributed by atoms with Gasteiger partial charge in [0.2, 0.25) is 11.8 Å². The van der Waals surface area contributed by atoms with Crippen LogP contribution in [0.2, 0.25) is 0 Å². The Kier molecular flexibility index (Phi) is 5.20. The van der Waals surface area contributed by atoms with E-state index in [4.69, 9.17) is 0 Å². The highest BCUT2D eigenvalue weighted by Crippen LogP contribution is 2.27. The molecule has 0 atom stereocenters. The molecule has 0 unspecified atom stereocenters. The molecule has 0 saturated carbocycles. The lowest BCUT2D eigenvalue weighted by Crippen LogP contribution is -2.39. The van der Waals surface area contributed by atoms with Crippen LogP contribution in [-0.2, 0) is 22.4 Å². The maximum atomic E-state index is 12.6. The van der Waals surface area contributed by atoms with Gasteiger partial charge in [-0.2, -0.15) is 5.10 Å². The number of hydrogen-bond donors (Lipinski definition) is 1. The standard InChI is InChI=1S/C18H24N6O2S/c1-2-14-20-17(22-21-14)12-5-8-23(9-6-12)16(26)10-13-11-27-18(19-13)24-7-3-4-15(24)25/h11-12H,2-10H2,1H3,(H,20,21,22). The zero-order valence-electron chi connectivity index (χ0n) is 15.5. The van der Waals surface area contributed by atoms with Crippen LogP contribution in [0.25, 0.3) is 0 Å². The van der Waals surface area contributed by atoms with Crippen molar-refractivity contribution in [1.82, 2.24) is 25.1 Å². The third kappa shape index (κ3) is 3.87. The van der Waals surface area contributed by atoms with Crippen molar-refractivity contribution in [2.45, 2.75) is 51.4 Å². The molecule has 2 aliphatic rings. The van der Waals surface area contributed by atoms with E-state index in [-0.39, 0.29) is 11.8 Å². The average Bonchev–Trinajstić information content (AvgIpc) is 3.42. The van der Waals surface area contributed by atoms with Crippen molar-refractivity contribution in [2.75, 3.05) is 24.5 Å². The summed E-state index contributed by atoms with van der Waals surface area (Å²) < 4.78 is 0. The zero-order valence-corrected chi connectivity index (χ0v) is 16.3. The van der Waals surface area contributed by atoms with Crippen LogP contribution < -0.4 is 4.90 Å². The fourth-order valence-corrected chi connectivity index (χ4v) is 4.52. The van der Waals surface area contributed by atoms with Crippen LogP contribution >= 0.6 is 11.3 Å². The number of nitrogens with one attached hydrogen (secondary N) is 1. The van der Waals surface area contributed by atoms with Gasteiger partial charge in [-0.05, 0) is 19.3 Å². The fraction of sp³-hybridized carbons (Fsp3) is 0.611. The molecule has 2 saturated heterocycles. The lowest BCUT2D eigenvalue weighted by Gasteiger charge is -2.30. The van der Waals surface area contributed by atoms with E-state index in [0.717, 1.165) is 67.8 Å². The molecule has 27 heavy (non-hydrogen) atoms. The summed E-state index contributed by atoms with van der Waals surface area (Å²) in [4.78, 5) is 37.1. The second kappa shape index (κ2) is 7.75. The third-order valence-electron chi connectivity index (χ3n) is 5.27. The second-order valence-electron chi connectivity index (χ2n) is 7.10. The van der Waals surface area contributed by atoms with Gasteiger partial charge in [0, 0.05) is 43.8 Å². The number of aromatic amines is 1. The number of piperidine rings is 1. The molecule has 2 fully saturated rings. The first-order chi connectivity index (χ1) is 13.1. The van der Waals surface area contributed by atoms with Gasteiger partial charge in [-0.15, -0.1) is 11.3 Å². The highest BCUT2D eigenvalue weighted by Gasteiger charge is 2.28. The van der Waals surface area contributed by atoms with E-state index in [2.05, 4.69) is 27.1 Å². The smallest absolute Gasteiger partial charge is 0.228 e. The maximum Gasteiger partial charge on any atom is 0.228 e. The number of likely N-dealkylation sites (tertiary alicyclic amines) is 1. The van der Waals surface area contributed by atoms with Crippen molar-refractivity contribution in [3.63, 3.8) is 0 Å². The van der Waals surface area contributed by atoms with E-state index in [1.807, 2.05) is 10.3 Å². The van der Waals surface area contributed by atoms with Gasteiger partial charge in [0.25, 0.3) is 0 Å². The molecule has 0 bridgehead atoms. The number of amides is 2. The maximum absolute atomic E-state index is 12.6. The van der Waals surface area contributed by atoms with Gasteiger partial charge in [-0.25, -0.2) is 9.97 Å². The van der Waals surface area contributed by atoms with Crippen LogP contribution in [-0.4, -0.2) is 56.5 Å². The number of rotatable bonds is 5. The first kappa shape index (κ1) is 18.1. The highest BCUT2D eigenvalue weighted by atomic mass is 32.1. The molecular weight excluding hydrogens is 364 g/mol. The lowest BCUT2D eigenvalue weighted by atomic mass is 9.96. The van der Waals surface area contributed by atoms with E-state index < -0.39 is 0 Å². The normalized spacial score (nSPS) is 18.5. The number of nitrogens with zero attached hydrogens (tertiary/aromatic N) is 5. The summed E-state index contributed by atoms with van der Waals surface area (Å²) in [5, 5.41) is 9.90. The van der Waals surface area contributed by atoms with Gasteiger partial charge < -0.3 is 4.90 Å². The molecule has 9 heteroatoms. The van der Waals surface area contributed by atoms with Crippen LogP contribution in [0, 0.1) is 0 Å². The molecule has 2 aliphatic heterocycles. The predicted molar refractivity (Wildman–Crippen MR) is 102 cm³/mol. The van der Waals surface area contributed by atoms with E-state index >= 15 is 0 Å². The first-order valence-corrected chi connectivity index (χ1v) is 10.5. The van der Waals surface area contributed by atoms with Crippen molar-refractivity contribution in [2.24, 2.45) is 0 Å². The summed E-state index contributed by atoms with van der Waals surface area (Å²) in [5.41, 5.74) is 0.753. The summed E-state index contributed by atoms with van der Waals surface area (Å²) in [5.74, 6) is 2.33. The first-order valence-electron chi connectivity index (χ1n) is 9.57. The molecule has 0 radical (unpaired) electrons. The van der Waals surface area contributed by atoms with Crippen molar-refractivity contribution in [3.05, 3.63) is 22.7 Å².